The average molecular weight is 316 g/mol. The van der Waals surface area contributed by atoms with Gasteiger partial charge in [-0.2, -0.15) is 10.2 Å². The first-order valence-electron chi connectivity index (χ1n) is 7.58. The minimum Gasteiger partial charge on any atom is -0.343 e. The summed E-state index contributed by atoms with van der Waals surface area (Å²) < 4.78 is 3.33. The van der Waals surface area contributed by atoms with Crippen LogP contribution in [0.5, 0.6) is 0 Å². The van der Waals surface area contributed by atoms with Gasteiger partial charge in [0.15, 0.2) is 5.82 Å². The third kappa shape index (κ3) is 2.84. The summed E-state index contributed by atoms with van der Waals surface area (Å²) in [6.45, 7) is 2.62. The average Bonchev–Trinajstić information content (AvgIpc) is 3.19. The number of rotatable bonds is 3. The fourth-order valence-electron chi connectivity index (χ4n) is 2.99. The molecule has 1 saturated heterocycles. The second-order valence-electron chi connectivity index (χ2n) is 5.82. The third-order valence-corrected chi connectivity index (χ3v) is 4.36. The van der Waals surface area contributed by atoms with Gasteiger partial charge in [0, 0.05) is 51.7 Å². The van der Waals surface area contributed by atoms with E-state index in [1.54, 1.807) is 59.0 Å². The zero-order valence-electron chi connectivity index (χ0n) is 13.3. The summed E-state index contributed by atoms with van der Waals surface area (Å²) in [5, 5.41) is 11.3. The molecule has 0 saturated carbocycles. The molecule has 1 N–H and O–H groups in total. The van der Waals surface area contributed by atoms with E-state index in [1.165, 1.54) is 0 Å². The lowest BCUT2D eigenvalue weighted by atomic mass is 9.86. The van der Waals surface area contributed by atoms with Gasteiger partial charge in [-0.1, -0.05) is 0 Å². The van der Waals surface area contributed by atoms with Gasteiger partial charge in [-0.05, 0) is 18.9 Å². The van der Waals surface area contributed by atoms with Crippen LogP contribution < -0.4 is 5.32 Å². The molecule has 0 unspecified atom stereocenters. The zero-order valence-corrected chi connectivity index (χ0v) is 13.3. The maximum atomic E-state index is 12.9. The van der Waals surface area contributed by atoms with Gasteiger partial charge in [0.05, 0.1) is 0 Å². The number of likely N-dealkylation sites (tertiary alicyclic amines) is 1. The van der Waals surface area contributed by atoms with Crippen molar-refractivity contribution in [3.05, 3.63) is 30.7 Å². The van der Waals surface area contributed by atoms with Gasteiger partial charge in [0.2, 0.25) is 5.91 Å². The molecule has 23 heavy (non-hydrogen) atoms. The van der Waals surface area contributed by atoms with E-state index in [0.29, 0.717) is 31.7 Å². The van der Waals surface area contributed by atoms with E-state index in [4.69, 9.17) is 0 Å². The molecule has 1 fully saturated rings. The summed E-state index contributed by atoms with van der Waals surface area (Å²) in [4.78, 5) is 26.3. The minimum absolute atomic E-state index is 0.0317. The van der Waals surface area contributed by atoms with Crippen LogP contribution in [0.1, 0.15) is 19.8 Å². The van der Waals surface area contributed by atoms with E-state index in [1.807, 2.05) is 0 Å². The van der Waals surface area contributed by atoms with Gasteiger partial charge in [0.1, 0.15) is 5.54 Å². The Bertz CT molecular complexity index is 697. The largest absolute Gasteiger partial charge is 0.343 e. The van der Waals surface area contributed by atoms with Gasteiger partial charge >= 0.3 is 0 Å². The zero-order chi connectivity index (χ0) is 16.4. The molecule has 122 valence electrons. The topological polar surface area (TPSA) is 85.0 Å². The van der Waals surface area contributed by atoms with Crippen molar-refractivity contribution in [2.45, 2.75) is 25.3 Å². The van der Waals surface area contributed by atoms with Crippen LogP contribution in [-0.2, 0) is 22.2 Å². The summed E-state index contributed by atoms with van der Waals surface area (Å²) in [5.41, 5.74) is -0.799. The van der Waals surface area contributed by atoms with Crippen LogP contribution in [0.2, 0.25) is 0 Å². The highest BCUT2D eigenvalue weighted by Crippen LogP contribution is 2.31. The molecule has 3 rings (SSSR count). The van der Waals surface area contributed by atoms with Crippen molar-refractivity contribution < 1.29 is 9.59 Å². The van der Waals surface area contributed by atoms with E-state index >= 15 is 0 Å². The summed E-state index contributed by atoms with van der Waals surface area (Å²) in [6.07, 6.45) is 6.27. The number of piperidine rings is 1. The van der Waals surface area contributed by atoms with Crippen molar-refractivity contribution in [3.8, 4) is 0 Å². The second-order valence-corrected chi connectivity index (χ2v) is 5.82. The Morgan fingerprint density at radius 1 is 1.26 bits per heavy atom. The molecule has 0 atom stereocenters. The first-order valence-corrected chi connectivity index (χ1v) is 7.58. The molecule has 1 aliphatic heterocycles. The molecular weight excluding hydrogens is 296 g/mol. The molecule has 3 heterocycles. The standard InChI is InChI=1S/C15H20N6O2/c1-12(22)20-10-5-15(6-11-20,21-8-3-7-16-21)14(23)17-13-4-9-19(2)18-13/h3-4,7-9H,5-6,10-11H2,1-2H3,(H,17,18,23). The second kappa shape index (κ2) is 5.86. The molecule has 8 nitrogen and oxygen atoms in total. The Hall–Kier alpha value is -2.64. The van der Waals surface area contributed by atoms with Crippen LogP contribution in [-0.4, -0.2) is 49.4 Å². The Morgan fingerprint density at radius 2 is 2.00 bits per heavy atom. The van der Waals surface area contributed by atoms with E-state index in [-0.39, 0.29) is 11.8 Å². The van der Waals surface area contributed by atoms with Crippen LogP contribution in [0.4, 0.5) is 5.82 Å². The lowest BCUT2D eigenvalue weighted by Gasteiger charge is -2.40. The smallest absolute Gasteiger partial charge is 0.253 e. The van der Waals surface area contributed by atoms with Crippen LogP contribution in [0, 0.1) is 0 Å². The Morgan fingerprint density at radius 3 is 2.52 bits per heavy atom. The Labute approximate surface area is 134 Å². The molecule has 2 amide bonds. The van der Waals surface area contributed by atoms with E-state index in [2.05, 4.69) is 15.5 Å². The van der Waals surface area contributed by atoms with Crippen LogP contribution >= 0.6 is 0 Å². The number of nitrogens with zero attached hydrogens (tertiary/aromatic N) is 5. The SMILES string of the molecule is CC(=O)N1CCC(C(=O)Nc2ccn(C)n2)(n2cccn2)CC1. The van der Waals surface area contributed by atoms with Crippen LogP contribution in [0.25, 0.3) is 0 Å². The summed E-state index contributed by atoms with van der Waals surface area (Å²) >= 11 is 0. The number of hydrogen-bond acceptors (Lipinski definition) is 4. The van der Waals surface area contributed by atoms with E-state index in [0.717, 1.165) is 0 Å². The number of aryl methyl sites for hydroxylation is 1. The highest BCUT2D eigenvalue weighted by molar-refractivity contribution is 5.96. The van der Waals surface area contributed by atoms with Crippen molar-refractivity contribution >= 4 is 17.6 Å². The van der Waals surface area contributed by atoms with Crippen molar-refractivity contribution in [1.29, 1.82) is 0 Å². The first-order chi connectivity index (χ1) is 11.0. The maximum Gasteiger partial charge on any atom is 0.253 e. The molecule has 0 spiro atoms. The fraction of sp³-hybridized carbons (Fsp3) is 0.467. The Kier molecular flexibility index (Phi) is 3.89. The normalized spacial score (nSPS) is 17.0. The van der Waals surface area contributed by atoms with Crippen LogP contribution in [0.15, 0.2) is 30.7 Å². The predicted octanol–water partition coefficient (Wildman–Crippen LogP) is 0.593. The number of hydrogen-bond donors (Lipinski definition) is 1. The summed E-state index contributed by atoms with van der Waals surface area (Å²) in [7, 11) is 1.80. The first kappa shape index (κ1) is 15.3. The molecule has 0 aliphatic carbocycles. The van der Waals surface area contributed by atoms with Crippen molar-refractivity contribution in [3.63, 3.8) is 0 Å². The van der Waals surface area contributed by atoms with Gasteiger partial charge in [-0.15, -0.1) is 0 Å². The van der Waals surface area contributed by atoms with Crippen LogP contribution in [0.3, 0.4) is 0 Å². The predicted molar refractivity (Wildman–Crippen MR) is 83.5 cm³/mol. The minimum atomic E-state index is -0.799. The summed E-state index contributed by atoms with van der Waals surface area (Å²) in [6, 6.07) is 3.55. The number of aromatic nitrogens is 4. The van der Waals surface area contributed by atoms with E-state index in [9.17, 15) is 9.59 Å². The molecular formula is C15H20N6O2. The van der Waals surface area contributed by atoms with Gasteiger partial charge in [0.25, 0.3) is 5.91 Å². The quantitative estimate of drug-likeness (QED) is 0.898. The monoisotopic (exact) mass is 316 g/mol. The van der Waals surface area contributed by atoms with Crippen molar-refractivity contribution in [2.24, 2.45) is 7.05 Å². The van der Waals surface area contributed by atoms with E-state index < -0.39 is 5.54 Å². The number of carbonyl (C=O) groups is 2. The highest BCUT2D eigenvalue weighted by Gasteiger charge is 2.44. The molecule has 0 bridgehead atoms. The molecule has 0 aromatic carbocycles. The lowest BCUT2D eigenvalue weighted by Crippen LogP contribution is -2.54. The number of amides is 2. The number of anilines is 1. The van der Waals surface area contributed by atoms with Gasteiger partial charge < -0.3 is 10.2 Å². The molecule has 1 aliphatic rings. The third-order valence-electron chi connectivity index (χ3n) is 4.36. The molecule has 2 aromatic heterocycles. The molecule has 2 aromatic rings. The Balaban J connectivity index is 1.85. The summed E-state index contributed by atoms with van der Waals surface area (Å²) in [5.74, 6) is 0.394. The molecule has 0 radical (unpaired) electrons. The van der Waals surface area contributed by atoms with Gasteiger partial charge in [-0.25, -0.2) is 0 Å². The number of nitrogens with one attached hydrogen (secondary N) is 1. The van der Waals surface area contributed by atoms with Crippen molar-refractivity contribution in [1.82, 2.24) is 24.5 Å². The lowest BCUT2D eigenvalue weighted by molar-refractivity contribution is -0.136. The highest BCUT2D eigenvalue weighted by atomic mass is 16.2. The van der Waals surface area contributed by atoms with Gasteiger partial charge in [-0.3, -0.25) is 19.0 Å². The number of carbonyl (C=O) groups excluding carboxylic acids is 2. The van der Waals surface area contributed by atoms with Crippen molar-refractivity contribution in [2.75, 3.05) is 18.4 Å². The maximum absolute atomic E-state index is 12.9. The molecule has 8 heteroatoms. The fourth-order valence-corrected chi connectivity index (χ4v) is 2.99.